The third kappa shape index (κ3) is 3.90. The molecule has 0 spiro atoms. The maximum Gasteiger partial charge on any atom is 0.266 e. The van der Waals surface area contributed by atoms with Crippen molar-refractivity contribution in [3.05, 3.63) is 84.2 Å². The second kappa shape index (κ2) is 7.51. The van der Waals surface area contributed by atoms with Crippen molar-refractivity contribution in [3.8, 4) is 5.75 Å². The summed E-state index contributed by atoms with van der Waals surface area (Å²) in [5, 5.41) is 0.561. The van der Waals surface area contributed by atoms with Gasteiger partial charge in [0, 0.05) is 11.1 Å². The van der Waals surface area contributed by atoms with Gasteiger partial charge in [0.25, 0.3) is 5.56 Å². The number of aromatic nitrogens is 1. The van der Waals surface area contributed by atoms with Gasteiger partial charge in [-0.25, -0.2) is 0 Å². The Bertz CT molecular complexity index is 1100. The minimum absolute atomic E-state index is 0.237. The summed E-state index contributed by atoms with van der Waals surface area (Å²) in [6.45, 7) is 0. The van der Waals surface area contributed by atoms with Gasteiger partial charge in [-0.1, -0.05) is 41.9 Å². The van der Waals surface area contributed by atoms with Crippen molar-refractivity contribution in [2.45, 2.75) is 0 Å². The third-order valence-corrected chi connectivity index (χ3v) is 4.81. The van der Waals surface area contributed by atoms with E-state index in [1.807, 2.05) is 18.2 Å². The predicted octanol–water partition coefficient (Wildman–Crippen LogP) is 2.59. The first kappa shape index (κ1) is 17.2. The van der Waals surface area contributed by atoms with E-state index >= 15 is 0 Å². The van der Waals surface area contributed by atoms with Crippen LogP contribution in [0, 0.1) is 0 Å². The summed E-state index contributed by atoms with van der Waals surface area (Å²) >= 11 is 7.32. The van der Waals surface area contributed by atoms with Gasteiger partial charge in [-0.3, -0.25) is 9.59 Å². The molecule has 0 amide bonds. The number of ether oxygens (including phenoxy) is 1. The number of carbonyl (C=O) groups is 1. The average molecular weight is 372 g/mol. The van der Waals surface area contributed by atoms with Gasteiger partial charge in [0.15, 0.2) is 5.78 Å². The van der Waals surface area contributed by atoms with Crippen molar-refractivity contribution in [1.29, 1.82) is 0 Å². The molecule has 0 saturated carbocycles. The summed E-state index contributed by atoms with van der Waals surface area (Å²) in [6.07, 6.45) is 3.10. The van der Waals surface area contributed by atoms with Gasteiger partial charge >= 0.3 is 0 Å². The molecule has 0 fully saturated rings. The molecule has 1 aromatic heterocycles. The number of thiazole rings is 1. The summed E-state index contributed by atoms with van der Waals surface area (Å²) in [5.41, 5.74) is 0.930. The van der Waals surface area contributed by atoms with Gasteiger partial charge < -0.3 is 9.72 Å². The van der Waals surface area contributed by atoms with Crippen LogP contribution in [-0.2, 0) is 0 Å². The lowest BCUT2D eigenvalue weighted by molar-refractivity contribution is 0.105. The quantitative estimate of drug-likeness (QED) is 0.717. The van der Waals surface area contributed by atoms with E-state index in [-0.39, 0.29) is 11.3 Å². The molecule has 126 valence electrons. The van der Waals surface area contributed by atoms with Gasteiger partial charge in [-0.2, -0.15) is 0 Å². The van der Waals surface area contributed by atoms with Crippen LogP contribution in [0.5, 0.6) is 5.75 Å². The van der Waals surface area contributed by atoms with Crippen LogP contribution in [0.2, 0.25) is 5.02 Å². The molecule has 4 nitrogen and oxygen atoms in total. The molecule has 25 heavy (non-hydrogen) atoms. The Hall–Kier alpha value is -2.63. The van der Waals surface area contributed by atoms with Gasteiger partial charge in [0.2, 0.25) is 0 Å². The number of rotatable bonds is 4. The number of benzene rings is 2. The maximum absolute atomic E-state index is 12.4. The molecule has 0 aliphatic heterocycles. The topological polar surface area (TPSA) is 59.2 Å². The van der Waals surface area contributed by atoms with Crippen LogP contribution in [0.1, 0.15) is 15.9 Å². The Balaban J connectivity index is 2.03. The van der Waals surface area contributed by atoms with Crippen LogP contribution in [0.4, 0.5) is 0 Å². The smallest absolute Gasteiger partial charge is 0.266 e. The van der Waals surface area contributed by atoms with E-state index in [4.69, 9.17) is 16.3 Å². The predicted molar refractivity (Wildman–Crippen MR) is 101 cm³/mol. The number of aromatic amines is 1. The van der Waals surface area contributed by atoms with Crippen molar-refractivity contribution >= 4 is 40.9 Å². The number of carbonyl (C=O) groups excluding carboxylic acids is 1. The fourth-order valence-electron chi connectivity index (χ4n) is 2.30. The average Bonchev–Trinajstić information content (AvgIpc) is 2.96. The van der Waals surface area contributed by atoms with Crippen molar-refractivity contribution < 1.29 is 9.53 Å². The summed E-state index contributed by atoms with van der Waals surface area (Å²) < 4.78 is 6.15. The van der Waals surface area contributed by atoms with E-state index in [0.717, 1.165) is 5.56 Å². The number of H-pyrrole nitrogens is 1. The van der Waals surface area contributed by atoms with E-state index in [9.17, 15) is 9.59 Å². The zero-order valence-electron chi connectivity index (χ0n) is 13.3. The molecule has 2 aromatic carbocycles. The number of hydrogen-bond acceptors (Lipinski definition) is 4. The normalized spacial score (nSPS) is 12.4. The second-order valence-corrected chi connectivity index (χ2v) is 6.65. The standard InChI is InChI=1S/C19H14ClNO3S/c1-24-16-9-5-3-7-13(16)15(22)11-18-21-19(23)17(25-18)10-12-6-2-4-8-14(12)20/h2-11H,1H3,(H,21,23)/b17-10+,18-11+. The Morgan fingerprint density at radius 3 is 2.64 bits per heavy atom. The lowest BCUT2D eigenvalue weighted by atomic mass is 10.1. The van der Waals surface area contributed by atoms with E-state index in [0.29, 0.717) is 25.5 Å². The number of hydrogen-bond donors (Lipinski definition) is 1. The van der Waals surface area contributed by atoms with Crippen molar-refractivity contribution in [3.63, 3.8) is 0 Å². The molecule has 1 heterocycles. The molecular weight excluding hydrogens is 358 g/mol. The Labute approximate surface area is 152 Å². The van der Waals surface area contributed by atoms with Gasteiger partial charge in [-0.05, 0) is 29.8 Å². The molecule has 0 atom stereocenters. The molecule has 3 rings (SSSR count). The summed E-state index contributed by atoms with van der Waals surface area (Å²) in [5.74, 6) is 0.254. The van der Waals surface area contributed by atoms with Crippen molar-refractivity contribution in [2.24, 2.45) is 0 Å². The summed E-state index contributed by atoms with van der Waals surface area (Å²) in [6, 6.07) is 14.2. The third-order valence-electron chi connectivity index (χ3n) is 3.51. The van der Waals surface area contributed by atoms with E-state index in [1.165, 1.54) is 24.5 Å². The van der Waals surface area contributed by atoms with Crippen molar-refractivity contribution in [1.82, 2.24) is 4.98 Å². The molecule has 1 N–H and O–H groups in total. The molecular formula is C19H14ClNO3S. The first-order valence-electron chi connectivity index (χ1n) is 7.43. The highest BCUT2D eigenvalue weighted by atomic mass is 35.5. The lowest BCUT2D eigenvalue weighted by Gasteiger charge is -2.03. The van der Waals surface area contributed by atoms with Crippen LogP contribution in [0.3, 0.4) is 0 Å². The number of Topliss-reactive ketones (excluding diaryl/α,β-unsaturated/α-hetero) is 1. The van der Waals surface area contributed by atoms with E-state index in [1.54, 1.807) is 36.4 Å². The first-order valence-corrected chi connectivity index (χ1v) is 8.62. The fourth-order valence-corrected chi connectivity index (χ4v) is 3.37. The van der Waals surface area contributed by atoms with E-state index in [2.05, 4.69) is 4.98 Å². The molecule has 0 aliphatic carbocycles. The van der Waals surface area contributed by atoms with Gasteiger partial charge in [-0.15, -0.1) is 11.3 Å². The Morgan fingerprint density at radius 2 is 1.88 bits per heavy atom. The SMILES string of the molecule is COc1ccccc1C(=O)/C=c1\[nH]c(=O)/c(=C\c2ccccc2Cl)s1. The number of para-hydroxylation sites is 1. The number of nitrogens with one attached hydrogen (secondary N) is 1. The van der Waals surface area contributed by atoms with Crippen LogP contribution in [0.25, 0.3) is 12.2 Å². The highest BCUT2D eigenvalue weighted by Crippen LogP contribution is 2.18. The molecule has 0 radical (unpaired) electrons. The number of ketones is 1. The monoisotopic (exact) mass is 371 g/mol. The maximum atomic E-state index is 12.4. The molecule has 6 heteroatoms. The zero-order valence-corrected chi connectivity index (χ0v) is 14.9. The number of methoxy groups -OCH3 is 1. The molecule has 0 unspecified atom stereocenters. The molecule has 0 bridgehead atoms. The second-order valence-electron chi connectivity index (χ2n) is 5.16. The van der Waals surface area contributed by atoms with Crippen LogP contribution in [0.15, 0.2) is 53.3 Å². The highest BCUT2D eigenvalue weighted by molar-refractivity contribution is 7.07. The largest absolute Gasteiger partial charge is 0.496 e. The van der Waals surface area contributed by atoms with Crippen LogP contribution >= 0.6 is 22.9 Å². The minimum Gasteiger partial charge on any atom is -0.496 e. The number of halogens is 1. The van der Waals surface area contributed by atoms with Gasteiger partial charge in [0.1, 0.15) is 5.75 Å². The molecule has 0 aliphatic rings. The van der Waals surface area contributed by atoms with Crippen LogP contribution in [-0.4, -0.2) is 17.9 Å². The molecule has 0 saturated heterocycles. The summed E-state index contributed by atoms with van der Waals surface area (Å²) in [4.78, 5) is 27.3. The Kier molecular flexibility index (Phi) is 5.16. The first-order chi connectivity index (χ1) is 12.1. The minimum atomic E-state index is -0.260. The Morgan fingerprint density at radius 1 is 1.16 bits per heavy atom. The zero-order chi connectivity index (χ0) is 17.8. The van der Waals surface area contributed by atoms with Crippen LogP contribution < -0.4 is 19.5 Å². The fraction of sp³-hybridized carbons (Fsp3) is 0.0526. The van der Waals surface area contributed by atoms with Crippen molar-refractivity contribution in [2.75, 3.05) is 7.11 Å². The molecule has 3 aromatic rings. The summed E-state index contributed by atoms with van der Waals surface area (Å²) in [7, 11) is 1.51. The highest BCUT2D eigenvalue weighted by Gasteiger charge is 2.09. The van der Waals surface area contributed by atoms with E-state index < -0.39 is 0 Å². The van der Waals surface area contributed by atoms with Gasteiger partial charge in [0.05, 0.1) is 21.9 Å². The lowest BCUT2D eigenvalue weighted by Crippen LogP contribution is -2.20.